The minimum Gasteiger partial charge on any atom is -0.481 e. The first-order valence-corrected chi connectivity index (χ1v) is 6.74. The molecule has 0 aromatic heterocycles. The monoisotopic (exact) mass is 303 g/mol. The van der Waals surface area contributed by atoms with Gasteiger partial charge in [0.05, 0.1) is 6.61 Å². The van der Waals surface area contributed by atoms with Crippen LogP contribution in [0.4, 0.5) is 0 Å². The van der Waals surface area contributed by atoms with Crippen LogP contribution in [0.2, 0.25) is 0 Å². The molecule has 2 N–H and O–H groups in total. The second-order valence-corrected chi connectivity index (χ2v) is 4.43. The minimum atomic E-state index is -1.05. The molecule has 1 aromatic carbocycles. The summed E-state index contributed by atoms with van der Waals surface area (Å²) in [4.78, 5) is 34.5. The molecule has 116 valence electrons. The van der Waals surface area contributed by atoms with Gasteiger partial charge < -0.3 is 15.2 Å². The molecule has 0 fully saturated rings. The Morgan fingerprint density at radius 1 is 1.32 bits per heavy atom. The van der Waals surface area contributed by atoms with Crippen LogP contribution in [0.3, 0.4) is 0 Å². The van der Waals surface area contributed by atoms with Crippen molar-refractivity contribution < 1.29 is 24.2 Å². The molecule has 0 heterocycles. The summed E-state index contributed by atoms with van der Waals surface area (Å²) in [6.45, 7) is 1.78. The molecule has 0 unspecified atom stereocenters. The fourth-order valence-corrected chi connectivity index (χ4v) is 1.72. The van der Waals surface area contributed by atoms with Crippen LogP contribution in [0.1, 0.15) is 35.7 Å². The molecule has 0 saturated carbocycles. The van der Waals surface area contributed by atoms with Gasteiger partial charge in [-0.05, 0) is 37.6 Å². The van der Waals surface area contributed by atoms with E-state index in [1.807, 2.05) is 0 Å². The molecule has 0 aliphatic carbocycles. The van der Waals surface area contributed by atoms with E-state index in [-0.39, 0.29) is 19.4 Å². The number of rotatable bonds is 7. The molecule has 0 saturated heterocycles. The summed E-state index contributed by atoms with van der Waals surface area (Å²) in [5.74, 6) is 0.228. The number of terminal acetylenes is 1. The van der Waals surface area contributed by atoms with Gasteiger partial charge in [0.1, 0.15) is 6.04 Å². The molecule has 22 heavy (non-hydrogen) atoms. The first kappa shape index (κ1) is 17.2. The third-order valence-corrected chi connectivity index (χ3v) is 2.84. The predicted octanol–water partition coefficient (Wildman–Crippen LogP) is 1.19. The molecule has 0 spiro atoms. The van der Waals surface area contributed by atoms with Gasteiger partial charge in [0.15, 0.2) is 0 Å². The van der Waals surface area contributed by atoms with E-state index in [2.05, 4.69) is 11.2 Å². The van der Waals surface area contributed by atoms with Crippen molar-refractivity contribution >= 4 is 17.8 Å². The smallest absolute Gasteiger partial charge is 0.328 e. The van der Waals surface area contributed by atoms with Gasteiger partial charge in [-0.3, -0.25) is 9.59 Å². The molecule has 1 atom stereocenters. The normalized spacial score (nSPS) is 11.1. The first-order chi connectivity index (χ1) is 10.5. The highest BCUT2D eigenvalue weighted by Crippen LogP contribution is 2.06. The summed E-state index contributed by atoms with van der Waals surface area (Å²) in [6.07, 6.45) is 4.94. The van der Waals surface area contributed by atoms with E-state index in [9.17, 15) is 14.4 Å². The van der Waals surface area contributed by atoms with Crippen LogP contribution in [-0.4, -0.2) is 35.6 Å². The van der Waals surface area contributed by atoms with E-state index in [1.54, 1.807) is 19.1 Å². The number of carbonyl (C=O) groups is 3. The van der Waals surface area contributed by atoms with E-state index < -0.39 is 23.9 Å². The predicted molar refractivity (Wildman–Crippen MR) is 79.1 cm³/mol. The quantitative estimate of drug-likeness (QED) is 0.583. The zero-order valence-corrected chi connectivity index (χ0v) is 12.2. The van der Waals surface area contributed by atoms with Crippen molar-refractivity contribution in [1.29, 1.82) is 0 Å². The van der Waals surface area contributed by atoms with Crippen LogP contribution in [-0.2, 0) is 14.3 Å². The lowest BCUT2D eigenvalue weighted by Crippen LogP contribution is -2.42. The van der Waals surface area contributed by atoms with Crippen LogP contribution in [0.15, 0.2) is 24.3 Å². The van der Waals surface area contributed by atoms with E-state index in [1.165, 1.54) is 12.1 Å². The van der Waals surface area contributed by atoms with Gasteiger partial charge in [-0.25, -0.2) is 4.79 Å². The van der Waals surface area contributed by atoms with E-state index >= 15 is 0 Å². The molecule has 1 amide bonds. The Kier molecular flexibility index (Phi) is 6.64. The topological polar surface area (TPSA) is 92.7 Å². The molecule has 0 aliphatic rings. The number of benzene rings is 1. The fourth-order valence-electron chi connectivity index (χ4n) is 1.72. The van der Waals surface area contributed by atoms with Gasteiger partial charge in [0, 0.05) is 17.5 Å². The number of carbonyl (C=O) groups excluding carboxylic acids is 2. The van der Waals surface area contributed by atoms with Crippen molar-refractivity contribution in [1.82, 2.24) is 5.32 Å². The zero-order valence-electron chi connectivity index (χ0n) is 12.2. The van der Waals surface area contributed by atoms with Gasteiger partial charge in [0.25, 0.3) is 5.91 Å². The molecule has 6 heteroatoms. The highest BCUT2D eigenvalue weighted by Gasteiger charge is 2.23. The minimum absolute atomic E-state index is 0.0393. The van der Waals surface area contributed by atoms with Crippen molar-refractivity contribution in [3.8, 4) is 12.3 Å². The lowest BCUT2D eigenvalue weighted by Gasteiger charge is -2.16. The Morgan fingerprint density at radius 3 is 2.45 bits per heavy atom. The third kappa shape index (κ3) is 5.29. The van der Waals surface area contributed by atoms with Gasteiger partial charge in [0.2, 0.25) is 0 Å². The Balaban J connectivity index is 2.77. The number of amides is 1. The van der Waals surface area contributed by atoms with Crippen LogP contribution in [0, 0.1) is 12.3 Å². The SMILES string of the molecule is C#Cc1ccc(C(=O)N[C@@H](CCC(=O)O)C(=O)OCC)cc1. The van der Waals surface area contributed by atoms with Crippen LogP contribution < -0.4 is 5.32 Å². The summed E-state index contributed by atoms with van der Waals surface area (Å²) in [5.41, 5.74) is 0.952. The van der Waals surface area contributed by atoms with Crippen LogP contribution in [0.25, 0.3) is 0 Å². The second-order valence-electron chi connectivity index (χ2n) is 4.43. The lowest BCUT2D eigenvalue weighted by molar-refractivity contribution is -0.146. The Labute approximate surface area is 128 Å². The van der Waals surface area contributed by atoms with Crippen LogP contribution in [0.5, 0.6) is 0 Å². The number of hydrogen-bond donors (Lipinski definition) is 2. The average molecular weight is 303 g/mol. The molecule has 1 aromatic rings. The lowest BCUT2D eigenvalue weighted by atomic mass is 10.1. The highest BCUT2D eigenvalue weighted by molar-refractivity contribution is 5.96. The number of carboxylic acids is 1. The number of ether oxygens (including phenoxy) is 1. The second kappa shape index (κ2) is 8.47. The van der Waals surface area contributed by atoms with Gasteiger partial charge in [-0.1, -0.05) is 5.92 Å². The number of carboxylic acid groups (broad SMARTS) is 1. The van der Waals surface area contributed by atoms with E-state index in [0.29, 0.717) is 11.1 Å². The highest BCUT2D eigenvalue weighted by atomic mass is 16.5. The molecule has 0 aliphatic heterocycles. The summed E-state index contributed by atoms with van der Waals surface area (Å²) < 4.78 is 4.84. The Bertz CT molecular complexity index is 586. The molecule has 6 nitrogen and oxygen atoms in total. The van der Waals surface area contributed by atoms with Gasteiger partial charge in [-0.15, -0.1) is 6.42 Å². The summed E-state index contributed by atoms with van der Waals surface area (Å²) in [6, 6.07) is 5.26. The standard InChI is InChI=1S/C16H17NO5/c1-3-11-5-7-12(8-6-11)15(20)17-13(9-10-14(18)19)16(21)22-4-2/h1,5-8,13H,4,9-10H2,2H3,(H,17,20)(H,18,19)/t13-/m0/s1. The molecule has 0 radical (unpaired) electrons. The molecule has 0 bridgehead atoms. The van der Waals surface area contributed by atoms with Crippen molar-refractivity contribution in [3.05, 3.63) is 35.4 Å². The average Bonchev–Trinajstić information content (AvgIpc) is 2.51. The van der Waals surface area contributed by atoms with Crippen LogP contribution >= 0.6 is 0 Å². The zero-order chi connectivity index (χ0) is 16.5. The largest absolute Gasteiger partial charge is 0.481 e. The Hall–Kier alpha value is -2.81. The maximum absolute atomic E-state index is 12.1. The van der Waals surface area contributed by atoms with Crippen molar-refractivity contribution in [2.45, 2.75) is 25.8 Å². The number of esters is 1. The van der Waals surface area contributed by atoms with E-state index in [4.69, 9.17) is 16.3 Å². The van der Waals surface area contributed by atoms with Crippen molar-refractivity contribution in [2.75, 3.05) is 6.61 Å². The van der Waals surface area contributed by atoms with Crippen molar-refractivity contribution in [2.24, 2.45) is 0 Å². The maximum atomic E-state index is 12.1. The third-order valence-electron chi connectivity index (χ3n) is 2.84. The summed E-state index contributed by atoms with van der Waals surface area (Å²) >= 11 is 0. The molecular formula is C16H17NO5. The first-order valence-electron chi connectivity index (χ1n) is 6.74. The summed E-state index contributed by atoms with van der Waals surface area (Å²) in [5, 5.41) is 11.2. The molecular weight excluding hydrogens is 286 g/mol. The molecule has 1 rings (SSSR count). The number of nitrogens with one attached hydrogen (secondary N) is 1. The number of hydrogen-bond acceptors (Lipinski definition) is 4. The fraction of sp³-hybridized carbons (Fsp3) is 0.312. The van der Waals surface area contributed by atoms with Gasteiger partial charge >= 0.3 is 11.9 Å². The van der Waals surface area contributed by atoms with Crippen molar-refractivity contribution in [3.63, 3.8) is 0 Å². The number of aliphatic carboxylic acids is 1. The van der Waals surface area contributed by atoms with E-state index in [0.717, 1.165) is 0 Å². The summed E-state index contributed by atoms with van der Waals surface area (Å²) in [7, 11) is 0. The Morgan fingerprint density at radius 2 is 1.95 bits per heavy atom. The maximum Gasteiger partial charge on any atom is 0.328 e. The van der Waals surface area contributed by atoms with Gasteiger partial charge in [-0.2, -0.15) is 0 Å².